The molecule has 0 aliphatic heterocycles. The van der Waals surface area contributed by atoms with E-state index in [0.717, 1.165) is 24.2 Å². The van der Waals surface area contributed by atoms with Crippen molar-refractivity contribution < 1.29 is 0 Å². The van der Waals surface area contributed by atoms with Crippen molar-refractivity contribution in [2.45, 2.75) is 26.7 Å². The minimum Gasteiger partial charge on any atom is -0.250 e. The molecule has 0 spiro atoms. The second kappa shape index (κ2) is 5.73. The molecule has 0 bridgehead atoms. The van der Waals surface area contributed by atoms with Gasteiger partial charge >= 0.3 is 0 Å². The molecule has 1 N–H and O–H groups in total. The smallest absolute Gasteiger partial charge is 0.216 e. The average molecular weight is 260 g/mol. The van der Waals surface area contributed by atoms with Crippen molar-refractivity contribution in [2.24, 2.45) is 5.10 Å². The summed E-state index contributed by atoms with van der Waals surface area (Å²) in [7, 11) is 0. The van der Waals surface area contributed by atoms with Crippen LogP contribution in [-0.4, -0.2) is 21.1 Å². The summed E-state index contributed by atoms with van der Waals surface area (Å²) in [6.07, 6.45) is 3.69. The van der Waals surface area contributed by atoms with Crippen molar-refractivity contribution >= 4 is 18.4 Å². The highest BCUT2D eigenvalue weighted by atomic mass is 32.1. The molecule has 0 amide bonds. The Morgan fingerprint density at radius 3 is 2.94 bits per heavy atom. The second-order valence-electron chi connectivity index (χ2n) is 4.11. The Kier molecular flexibility index (Phi) is 4.04. The highest BCUT2D eigenvalue weighted by Gasteiger charge is 2.03. The number of nitrogens with one attached hydrogen (secondary N) is 1. The molecule has 1 aromatic heterocycles. The number of benzene rings is 1. The van der Waals surface area contributed by atoms with Crippen LogP contribution < -0.4 is 0 Å². The lowest BCUT2D eigenvalue weighted by Gasteiger charge is -2.00. The van der Waals surface area contributed by atoms with Gasteiger partial charge in [0.1, 0.15) is 0 Å². The minimum atomic E-state index is 0.531. The molecule has 4 nitrogen and oxygen atoms in total. The van der Waals surface area contributed by atoms with Crippen LogP contribution in [0, 0.1) is 11.7 Å². The van der Waals surface area contributed by atoms with Crippen LogP contribution in [0.15, 0.2) is 29.4 Å². The van der Waals surface area contributed by atoms with E-state index in [2.05, 4.69) is 35.2 Å². The first-order chi connectivity index (χ1) is 8.72. The Hall–Kier alpha value is -1.75. The number of nitrogens with zero attached hydrogens (tertiary/aromatic N) is 3. The van der Waals surface area contributed by atoms with Crippen LogP contribution in [-0.2, 0) is 6.42 Å². The van der Waals surface area contributed by atoms with Crippen LogP contribution in [0.2, 0.25) is 0 Å². The number of aromatic amines is 1. The van der Waals surface area contributed by atoms with E-state index >= 15 is 0 Å². The molecule has 0 aliphatic rings. The van der Waals surface area contributed by atoms with Crippen molar-refractivity contribution in [2.75, 3.05) is 0 Å². The summed E-state index contributed by atoms with van der Waals surface area (Å²) in [4.78, 5) is 0. The van der Waals surface area contributed by atoms with Gasteiger partial charge in [-0.05, 0) is 36.7 Å². The molecule has 1 aromatic carbocycles. The van der Waals surface area contributed by atoms with Gasteiger partial charge in [-0.15, -0.1) is 0 Å². The Morgan fingerprint density at radius 1 is 1.44 bits per heavy atom. The molecule has 2 aromatic rings. The zero-order chi connectivity index (χ0) is 13.0. The van der Waals surface area contributed by atoms with Gasteiger partial charge in [-0.3, -0.25) is 5.10 Å². The molecule has 0 atom stereocenters. The topological polar surface area (TPSA) is 46.0 Å². The number of aromatic nitrogens is 3. The quantitative estimate of drug-likeness (QED) is 0.678. The number of aryl methyl sites for hydroxylation is 2. The van der Waals surface area contributed by atoms with Crippen LogP contribution in [0.4, 0.5) is 0 Å². The number of H-pyrrole nitrogens is 1. The fourth-order valence-electron chi connectivity index (χ4n) is 1.68. The summed E-state index contributed by atoms with van der Waals surface area (Å²) in [5, 5.41) is 11.4. The molecule has 0 aliphatic carbocycles. The van der Waals surface area contributed by atoms with Crippen LogP contribution in [0.1, 0.15) is 30.3 Å². The normalized spacial score (nSPS) is 11.2. The molecule has 5 heteroatoms. The first-order valence-electron chi connectivity index (χ1n) is 5.98. The maximum absolute atomic E-state index is 5.17. The lowest BCUT2D eigenvalue weighted by atomic mass is 10.1. The Balaban J connectivity index is 2.32. The highest BCUT2D eigenvalue weighted by molar-refractivity contribution is 7.71. The van der Waals surface area contributed by atoms with E-state index in [0.29, 0.717) is 4.77 Å². The van der Waals surface area contributed by atoms with E-state index in [1.807, 2.05) is 24.4 Å². The second-order valence-corrected chi connectivity index (χ2v) is 4.49. The standard InChI is InChI=1S/C13H16N4S/c1-3-6-12-15-16-13(18)17(12)14-9-11-8-5-4-7-10(11)2/h4-5,7-9H,3,6H2,1-2H3,(H,16,18)/b14-9-. The van der Waals surface area contributed by atoms with E-state index in [9.17, 15) is 0 Å². The third kappa shape index (κ3) is 2.73. The van der Waals surface area contributed by atoms with Gasteiger partial charge in [0, 0.05) is 6.42 Å². The van der Waals surface area contributed by atoms with Crippen molar-refractivity contribution in [3.8, 4) is 0 Å². The van der Waals surface area contributed by atoms with Gasteiger partial charge in [-0.1, -0.05) is 31.2 Å². The zero-order valence-corrected chi connectivity index (χ0v) is 11.4. The predicted molar refractivity (Wildman–Crippen MR) is 75.6 cm³/mol. The Labute approximate surface area is 111 Å². The third-order valence-corrected chi connectivity index (χ3v) is 2.96. The van der Waals surface area contributed by atoms with Crippen LogP contribution in [0.25, 0.3) is 0 Å². The molecule has 0 saturated carbocycles. The first kappa shape index (κ1) is 12.7. The fourth-order valence-corrected chi connectivity index (χ4v) is 1.88. The molecule has 1 heterocycles. The van der Waals surface area contributed by atoms with Gasteiger partial charge in [-0.25, -0.2) is 0 Å². The van der Waals surface area contributed by atoms with Crippen molar-refractivity contribution in [3.05, 3.63) is 46.0 Å². The van der Waals surface area contributed by atoms with Crippen LogP contribution >= 0.6 is 12.2 Å². The van der Waals surface area contributed by atoms with Crippen molar-refractivity contribution in [1.29, 1.82) is 0 Å². The SMILES string of the molecule is CCCc1n[nH]c(=S)n1/N=C\c1ccccc1C. The summed E-state index contributed by atoms with van der Waals surface area (Å²) in [5.74, 6) is 0.868. The molecular formula is C13H16N4S. The van der Waals surface area contributed by atoms with Gasteiger partial charge < -0.3 is 0 Å². The van der Waals surface area contributed by atoms with Crippen molar-refractivity contribution in [1.82, 2.24) is 14.9 Å². The largest absolute Gasteiger partial charge is 0.250 e. The number of hydrogen-bond donors (Lipinski definition) is 1. The Morgan fingerprint density at radius 2 is 2.22 bits per heavy atom. The van der Waals surface area contributed by atoms with E-state index in [1.54, 1.807) is 4.68 Å². The molecule has 0 radical (unpaired) electrons. The van der Waals surface area contributed by atoms with Crippen LogP contribution in [0.5, 0.6) is 0 Å². The monoisotopic (exact) mass is 260 g/mol. The maximum atomic E-state index is 5.17. The van der Waals surface area contributed by atoms with Gasteiger partial charge in [0.25, 0.3) is 0 Å². The lowest BCUT2D eigenvalue weighted by Crippen LogP contribution is -1.99. The molecule has 18 heavy (non-hydrogen) atoms. The molecule has 2 rings (SSSR count). The summed E-state index contributed by atoms with van der Waals surface area (Å²) in [6.45, 7) is 4.16. The molecule has 0 saturated heterocycles. The summed E-state index contributed by atoms with van der Waals surface area (Å²) >= 11 is 5.17. The maximum Gasteiger partial charge on any atom is 0.216 e. The molecule has 94 valence electrons. The van der Waals surface area contributed by atoms with E-state index in [-0.39, 0.29) is 0 Å². The average Bonchev–Trinajstić information content (AvgIpc) is 2.70. The number of rotatable bonds is 4. The van der Waals surface area contributed by atoms with Gasteiger partial charge in [0.15, 0.2) is 5.82 Å². The van der Waals surface area contributed by atoms with E-state index in [1.165, 1.54) is 5.56 Å². The summed E-state index contributed by atoms with van der Waals surface area (Å²) in [6, 6.07) is 8.10. The van der Waals surface area contributed by atoms with Crippen LogP contribution in [0.3, 0.4) is 0 Å². The molecular weight excluding hydrogens is 244 g/mol. The third-order valence-electron chi connectivity index (χ3n) is 2.69. The number of hydrogen-bond acceptors (Lipinski definition) is 3. The van der Waals surface area contributed by atoms with Gasteiger partial charge in [0.2, 0.25) is 4.77 Å². The summed E-state index contributed by atoms with van der Waals surface area (Å²) in [5.41, 5.74) is 2.27. The van der Waals surface area contributed by atoms with E-state index < -0.39 is 0 Å². The lowest BCUT2D eigenvalue weighted by molar-refractivity contribution is 0.740. The zero-order valence-electron chi connectivity index (χ0n) is 10.6. The van der Waals surface area contributed by atoms with Gasteiger partial charge in [-0.2, -0.15) is 14.9 Å². The minimum absolute atomic E-state index is 0.531. The summed E-state index contributed by atoms with van der Waals surface area (Å²) < 4.78 is 2.22. The van der Waals surface area contributed by atoms with E-state index in [4.69, 9.17) is 12.2 Å². The molecule has 0 unspecified atom stereocenters. The van der Waals surface area contributed by atoms with Gasteiger partial charge in [0.05, 0.1) is 6.21 Å². The predicted octanol–water partition coefficient (Wildman–Crippen LogP) is 3.08. The highest BCUT2D eigenvalue weighted by Crippen LogP contribution is 2.05. The Bertz CT molecular complexity index is 609. The fraction of sp³-hybridized carbons (Fsp3) is 0.308. The van der Waals surface area contributed by atoms with Crippen molar-refractivity contribution in [3.63, 3.8) is 0 Å². The molecule has 0 fully saturated rings. The first-order valence-corrected chi connectivity index (χ1v) is 6.39.